The van der Waals surface area contributed by atoms with Gasteiger partial charge in [0.05, 0.1) is 17.8 Å². The molecule has 0 aromatic heterocycles. The molecule has 0 amide bonds. The first-order chi connectivity index (χ1) is 23.4. The Bertz CT molecular complexity index is 1260. The first kappa shape index (κ1) is 42.2. The number of likely N-dealkylation sites (N-methyl/N-ethyl adjacent to an activating group) is 1. The molecule has 0 aliphatic carbocycles. The summed E-state index contributed by atoms with van der Waals surface area (Å²) in [4.78, 5) is 44.1. The number of rotatable bonds is 10. The summed E-state index contributed by atoms with van der Waals surface area (Å²) < 4.78 is 24.8. The van der Waals surface area contributed by atoms with Crippen LogP contribution < -0.4 is 5.32 Å². The second-order valence-corrected chi connectivity index (χ2v) is 15.5. The molecule has 0 bridgehead atoms. The average Bonchev–Trinajstić information content (AvgIpc) is 3.08. The van der Waals surface area contributed by atoms with E-state index in [9.17, 15) is 24.6 Å². The van der Waals surface area contributed by atoms with Gasteiger partial charge in [-0.2, -0.15) is 0 Å². The van der Waals surface area contributed by atoms with E-state index in [1.54, 1.807) is 20.8 Å². The minimum absolute atomic E-state index is 0.0822. The molecule has 50 heavy (non-hydrogen) atoms. The van der Waals surface area contributed by atoms with Crippen LogP contribution in [0.1, 0.15) is 86.6 Å². The van der Waals surface area contributed by atoms with Gasteiger partial charge in [-0.1, -0.05) is 58.0 Å². The molecule has 2 aliphatic heterocycles. The molecule has 0 spiro atoms. The van der Waals surface area contributed by atoms with Crippen molar-refractivity contribution in [3.05, 3.63) is 35.9 Å². The van der Waals surface area contributed by atoms with Gasteiger partial charge >= 0.3 is 5.97 Å². The van der Waals surface area contributed by atoms with Gasteiger partial charge in [0.2, 0.25) is 0 Å². The number of hydrogen-bond acceptors (Lipinski definition) is 11. The lowest BCUT2D eigenvalue weighted by molar-refractivity contribution is -0.295. The lowest BCUT2D eigenvalue weighted by Gasteiger charge is -2.47. The fraction of sp³-hybridized carbons (Fsp3) is 0.769. The topological polar surface area (TPSA) is 144 Å². The molecular formula is C39H64N2O9. The van der Waals surface area contributed by atoms with Crippen molar-refractivity contribution in [1.29, 1.82) is 0 Å². The molecule has 284 valence electrons. The van der Waals surface area contributed by atoms with Gasteiger partial charge in [-0.15, -0.1) is 0 Å². The predicted molar refractivity (Wildman–Crippen MR) is 191 cm³/mol. The number of esters is 1. The largest absolute Gasteiger partial charge is 0.459 e. The number of nitrogens with zero attached hydrogens (tertiary/aromatic N) is 1. The van der Waals surface area contributed by atoms with E-state index < -0.39 is 77.1 Å². The van der Waals surface area contributed by atoms with Crippen LogP contribution in [0.15, 0.2) is 30.3 Å². The average molecular weight is 705 g/mol. The van der Waals surface area contributed by atoms with E-state index in [1.165, 1.54) is 14.0 Å². The van der Waals surface area contributed by atoms with Crippen molar-refractivity contribution in [3.63, 3.8) is 0 Å². The number of aliphatic hydroxyl groups is 2. The molecule has 0 radical (unpaired) electrons. The Morgan fingerprint density at radius 3 is 2.22 bits per heavy atom. The highest BCUT2D eigenvalue weighted by Gasteiger charge is 2.52. The minimum atomic E-state index is -1.57. The van der Waals surface area contributed by atoms with Gasteiger partial charge in [0.1, 0.15) is 29.5 Å². The Labute approximate surface area is 299 Å². The van der Waals surface area contributed by atoms with Crippen LogP contribution in [0.25, 0.3) is 0 Å². The highest BCUT2D eigenvalue weighted by molar-refractivity contribution is 6.00. The van der Waals surface area contributed by atoms with E-state index in [-0.39, 0.29) is 30.8 Å². The van der Waals surface area contributed by atoms with Crippen LogP contribution >= 0.6 is 0 Å². The number of methoxy groups -OCH3 is 1. The van der Waals surface area contributed by atoms with Crippen molar-refractivity contribution in [2.45, 2.75) is 136 Å². The van der Waals surface area contributed by atoms with E-state index in [0.717, 1.165) is 5.56 Å². The third kappa shape index (κ3) is 9.79. The summed E-state index contributed by atoms with van der Waals surface area (Å²) in [5.74, 6) is -5.13. The van der Waals surface area contributed by atoms with Gasteiger partial charge in [0.25, 0.3) is 0 Å². The summed E-state index contributed by atoms with van der Waals surface area (Å²) in [6.45, 7) is 15.1. The lowest BCUT2D eigenvalue weighted by Crippen LogP contribution is -2.59. The third-order valence-corrected chi connectivity index (χ3v) is 11.4. The van der Waals surface area contributed by atoms with Crippen LogP contribution in [-0.4, -0.2) is 108 Å². The predicted octanol–water partition coefficient (Wildman–Crippen LogP) is 4.16. The SMILES string of the molecule is CC[C@H]1OC(=O)C(C)C(=O)[C@@H](C)[C@@H](O[C@@H]2O[C@H](C)C[C@H](N(C)C)[C@H]2O)[C@](C)(OC)C[C@@H](C)C(=O)C(C)[C@H](CCNCc2ccccc2)[C@]1(C)O. The van der Waals surface area contributed by atoms with Crippen molar-refractivity contribution >= 4 is 17.5 Å². The standard InChI is InChI=1S/C39H64N2O9/c1-12-31-39(8,46)29(18-19-40-22-28-16-14-13-15-17-28)25(4)32(42)23(2)21-38(7,47-11)35(26(5)33(43)27(6)36(45)49-31)50-37-34(44)30(41(9)10)20-24(3)48-37/h13-17,23-27,29-31,34-35,37,40,44,46H,12,18-22H2,1-11H3/t23-,24-,25?,26-,27?,29+,30+,31-,34-,35-,37+,38-,39+/m1/s1. The van der Waals surface area contributed by atoms with E-state index in [1.807, 2.05) is 77.0 Å². The molecule has 3 N–H and O–H groups in total. The summed E-state index contributed by atoms with van der Waals surface area (Å²) in [6.07, 6.45) is -2.80. The van der Waals surface area contributed by atoms with Crippen molar-refractivity contribution in [1.82, 2.24) is 10.2 Å². The van der Waals surface area contributed by atoms with E-state index >= 15 is 0 Å². The number of ether oxygens (including phenoxy) is 4. The number of cyclic esters (lactones) is 1. The quantitative estimate of drug-likeness (QED) is 0.184. The molecule has 1 aromatic carbocycles. The number of aliphatic hydroxyl groups excluding tert-OH is 1. The van der Waals surface area contributed by atoms with Gasteiger partial charge in [-0.05, 0) is 79.6 Å². The van der Waals surface area contributed by atoms with Crippen molar-refractivity contribution in [2.24, 2.45) is 29.6 Å². The van der Waals surface area contributed by atoms with Crippen molar-refractivity contribution in [2.75, 3.05) is 27.7 Å². The number of carbonyl (C=O) groups excluding carboxylic acids is 3. The number of hydrogen-bond donors (Lipinski definition) is 3. The fourth-order valence-corrected chi connectivity index (χ4v) is 8.15. The van der Waals surface area contributed by atoms with E-state index in [4.69, 9.17) is 18.9 Å². The number of ketones is 2. The first-order valence-corrected chi connectivity index (χ1v) is 18.3. The molecule has 2 unspecified atom stereocenters. The molecule has 2 saturated heterocycles. The molecule has 13 atom stereocenters. The zero-order valence-corrected chi connectivity index (χ0v) is 32.2. The first-order valence-electron chi connectivity index (χ1n) is 18.3. The Kier molecular flexibility index (Phi) is 15.2. The van der Waals surface area contributed by atoms with Crippen molar-refractivity contribution < 1.29 is 43.5 Å². The Morgan fingerprint density at radius 2 is 1.64 bits per heavy atom. The molecule has 3 rings (SSSR count). The number of nitrogens with one attached hydrogen (secondary N) is 1. The zero-order valence-electron chi connectivity index (χ0n) is 32.2. The molecule has 2 heterocycles. The number of Topliss-reactive ketones (excluding diaryl/α,β-unsaturated/α-hetero) is 2. The molecular weight excluding hydrogens is 640 g/mol. The van der Waals surface area contributed by atoms with E-state index in [0.29, 0.717) is 25.9 Å². The maximum absolute atomic E-state index is 14.4. The van der Waals surface area contributed by atoms with Crippen LogP contribution in [0, 0.1) is 29.6 Å². The van der Waals surface area contributed by atoms with Crippen LogP contribution in [0.3, 0.4) is 0 Å². The van der Waals surface area contributed by atoms with Gasteiger partial charge in [0, 0.05) is 43.4 Å². The normalized spacial score (nSPS) is 39.6. The highest BCUT2D eigenvalue weighted by atomic mass is 16.7. The fourth-order valence-electron chi connectivity index (χ4n) is 8.15. The third-order valence-electron chi connectivity index (χ3n) is 11.4. The van der Waals surface area contributed by atoms with Crippen LogP contribution in [-0.2, 0) is 39.9 Å². The van der Waals surface area contributed by atoms with Crippen molar-refractivity contribution in [3.8, 4) is 0 Å². The number of benzene rings is 1. The van der Waals surface area contributed by atoms with Gasteiger partial charge in [-0.25, -0.2) is 0 Å². The number of carbonyl (C=O) groups is 3. The lowest BCUT2D eigenvalue weighted by atomic mass is 9.69. The summed E-state index contributed by atoms with van der Waals surface area (Å²) in [5.41, 5.74) is -1.67. The molecule has 2 fully saturated rings. The Balaban J connectivity index is 2.02. The Morgan fingerprint density at radius 1 is 1.00 bits per heavy atom. The molecule has 1 aromatic rings. The highest BCUT2D eigenvalue weighted by Crippen LogP contribution is 2.40. The summed E-state index contributed by atoms with van der Waals surface area (Å²) in [6, 6.07) is 9.71. The van der Waals surface area contributed by atoms with Gasteiger partial charge in [-0.3, -0.25) is 14.4 Å². The summed E-state index contributed by atoms with van der Waals surface area (Å²) in [5, 5.41) is 27.0. The second-order valence-electron chi connectivity index (χ2n) is 15.5. The summed E-state index contributed by atoms with van der Waals surface area (Å²) in [7, 11) is 5.27. The monoisotopic (exact) mass is 704 g/mol. The second kappa shape index (κ2) is 18.0. The van der Waals surface area contributed by atoms with Crippen LogP contribution in [0.4, 0.5) is 0 Å². The zero-order chi connectivity index (χ0) is 37.6. The maximum Gasteiger partial charge on any atom is 0.316 e. The van der Waals surface area contributed by atoms with Gasteiger partial charge in [0.15, 0.2) is 12.1 Å². The smallest absolute Gasteiger partial charge is 0.316 e. The molecule has 0 saturated carbocycles. The van der Waals surface area contributed by atoms with Gasteiger partial charge < -0.3 is 39.4 Å². The Hall–Kier alpha value is -2.25. The van der Waals surface area contributed by atoms with Crippen LogP contribution in [0.2, 0.25) is 0 Å². The van der Waals surface area contributed by atoms with E-state index in [2.05, 4.69) is 5.32 Å². The summed E-state index contributed by atoms with van der Waals surface area (Å²) >= 11 is 0. The molecule has 2 aliphatic rings. The molecule has 11 nitrogen and oxygen atoms in total. The van der Waals surface area contributed by atoms with Crippen LogP contribution in [0.5, 0.6) is 0 Å². The molecule has 11 heteroatoms. The maximum atomic E-state index is 14.4. The minimum Gasteiger partial charge on any atom is -0.459 e.